The lowest BCUT2D eigenvalue weighted by Crippen LogP contribution is -2.49. The van der Waals surface area contributed by atoms with Crippen LogP contribution < -0.4 is 0 Å². The lowest BCUT2D eigenvalue weighted by molar-refractivity contribution is -0.384. The zero-order valence-electron chi connectivity index (χ0n) is 14.2. The van der Waals surface area contributed by atoms with Gasteiger partial charge in [0.2, 0.25) is 0 Å². The van der Waals surface area contributed by atoms with Gasteiger partial charge >= 0.3 is 5.97 Å². The van der Waals surface area contributed by atoms with E-state index in [0.717, 1.165) is 5.17 Å². The number of methoxy groups -OCH3 is 1. The summed E-state index contributed by atoms with van der Waals surface area (Å²) in [7, 11) is 1.38. The van der Waals surface area contributed by atoms with Crippen LogP contribution >= 0.6 is 11.8 Å². The number of amidine groups is 1. The Bertz CT molecular complexity index is 652. The fraction of sp³-hybridized carbons (Fsp3) is 0.500. The monoisotopic (exact) mass is 351 g/mol. The van der Waals surface area contributed by atoms with Gasteiger partial charge in [0.05, 0.1) is 17.7 Å². The molecule has 1 aromatic carbocycles. The number of rotatable bonds is 3. The van der Waals surface area contributed by atoms with Crippen molar-refractivity contribution in [3.8, 4) is 0 Å². The van der Waals surface area contributed by atoms with E-state index in [1.54, 1.807) is 12.1 Å². The van der Waals surface area contributed by atoms with Crippen LogP contribution in [0, 0.1) is 10.1 Å². The standard InChI is InChI=1S/C16H21N3O4S/c1-16(2,3)18-10-9-13(14(20)23-4)24-15(18)17-11-5-7-12(8-6-11)19(21)22/h5-8,13H,9-10H2,1-4H3. The fourth-order valence-electron chi connectivity index (χ4n) is 2.36. The number of thioether (sulfide) groups is 1. The highest BCUT2D eigenvalue weighted by Crippen LogP contribution is 2.33. The quantitative estimate of drug-likeness (QED) is 0.471. The lowest BCUT2D eigenvalue weighted by atomic mass is 10.1. The highest BCUT2D eigenvalue weighted by atomic mass is 32.2. The van der Waals surface area contributed by atoms with Crippen molar-refractivity contribution in [1.82, 2.24) is 4.90 Å². The number of benzene rings is 1. The Morgan fingerprint density at radius 3 is 2.50 bits per heavy atom. The Kier molecular flexibility index (Phi) is 5.48. The van der Waals surface area contributed by atoms with Gasteiger partial charge in [-0.15, -0.1) is 0 Å². The molecule has 1 atom stereocenters. The zero-order chi connectivity index (χ0) is 17.9. The second-order valence-electron chi connectivity index (χ2n) is 6.41. The summed E-state index contributed by atoms with van der Waals surface area (Å²) < 4.78 is 4.84. The molecule has 24 heavy (non-hydrogen) atoms. The average Bonchev–Trinajstić information content (AvgIpc) is 2.53. The van der Waals surface area contributed by atoms with E-state index >= 15 is 0 Å². The summed E-state index contributed by atoms with van der Waals surface area (Å²) >= 11 is 1.37. The van der Waals surface area contributed by atoms with Crippen LogP contribution in [-0.4, -0.2) is 45.4 Å². The summed E-state index contributed by atoms with van der Waals surface area (Å²) in [5, 5.41) is 11.2. The molecule has 2 rings (SSSR count). The van der Waals surface area contributed by atoms with Crippen molar-refractivity contribution in [3.63, 3.8) is 0 Å². The Morgan fingerprint density at radius 2 is 2.00 bits per heavy atom. The Hall–Kier alpha value is -2.09. The highest BCUT2D eigenvalue weighted by Gasteiger charge is 2.35. The number of hydrogen-bond donors (Lipinski definition) is 0. The summed E-state index contributed by atoms with van der Waals surface area (Å²) in [6.45, 7) is 6.94. The number of nitrogens with zero attached hydrogens (tertiary/aromatic N) is 3. The first kappa shape index (κ1) is 18.3. The summed E-state index contributed by atoms with van der Waals surface area (Å²) in [4.78, 5) is 28.9. The molecular weight excluding hydrogens is 330 g/mol. The van der Waals surface area contributed by atoms with Gasteiger partial charge in [0, 0.05) is 24.2 Å². The number of aliphatic imine (C=N–C) groups is 1. The molecule has 1 unspecified atom stereocenters. The van der Waals surface area contributed by atoms with E-state index in [4.69, 9.17) is 4.74 Å². The molecule has 1 aromatic rings. The van der Waals surface area contributed by atoms with Crippen molar-refractivity contribution in [2.45, 2.75) is 38.0 Å². The van der Waals surface area contributed by atoms with E-state index in [0.29, 0.717) is 18.7 Å². The molecule has 130 valence electrons. The molecule has 0 spiro atoms. The van der Waals surface area contributed by atoms with Gasteiger partial charge in [0.1, 0.15) is 5.25 Å². The van der Waals surface area contributed by atoms with E-state index < -0.39 is 4.92 Å². The maximum atomic E-state index is 11.8. The number of nitro groups is 1. The zero-order valence-corrected chi connectivity index (χ0v) is 15.0. The first-order valence-corrected chi connectivity index (χ1v) is 8.45. The van der Waals surface area contributed by atoms with Gasteiger partial charge in [0.15, 0.2) is 5.17 Å². The summed E-state index contributed by atoms with van der Waals surface area (Å²) in [6.07, 6.45) is 0.688. The lowest BCUT2D eigenvalue weighted by Gasteiger charge is -2.42. The van der Waals surface area contributed by atoms with Crippen LogP contribution in [0.5, 0.6) is 0 Å². The second kappa shape index (κ2) is 7.21. The first-order chi connectivity index (χ1) is 11.2. The summed E-state index contributed by atoms with van der Waals surface area (Å²) in [6, 6.07) is 6.06. The van der Waals surface area contributed by atoms with Gasteiger partial charge in [-0.2, -0.15) is 0 Å². The van der Waals surface area contributed by atoms with Crippen molar-refractivity contribution in [2.75, 3.05) is 13.7 Å². The molecule has 1 aliphatic rings. The van der Waals surface area contributed by atoms with Crippen LogP contribution in [0.15, 0.2) is 29.3 Å². The predicted octanol–water partition coefficient (Wildman–Crippen LogP) is 3.36. The molecule has 0 bridgehead atoms. The van der Waals surface area contributed by atoms with Crippen LogP contribution in [0.3, 0.4) is 0 Å². The molecule has 1 saturated heterocycles. The van der Waals surface area contributed by atoms with Gasteiger partial charge in [-0.3, -0.25) is 14.9 Å². The average molecular weight is 351 g/mol. The number of carbonyl (C=O) groups is 1. The maximum absolute atomic E-state index is 11.8. The Morgan fingerprint density at radius 1 is 1.38 bits per heavy atom. The fourth-order valence-corrected chi connectivity index (χ4v) is 3.68. The van der Waals surface area contributed by atoms with E-state index in [1.165, 1.54) is 31.0 Å². The number of non-ortho nitro benzene ring substituents is 1. The van der Waals surface area contributed by atoms with Crippen LogP contribution in [-0.2, 0) is 9.53 Å². The molecule has 7 nitrogen and oxygen atoms in total. The molecule has 0 saturated carbocycles. The van der Waals surface area contributed by atoms with E-state index in [-0.39, 0.29) is 22.4 Å². The van der Waals surface area contributed by atoms with Crippen molar-refractivity contribution in [3.05, 3.63) is 34.4 Å². The number of esters is 1. The van der Waals surface area contributed by atoms with Crippen molar-refractivity contribution < 1.29 is 14.5 Å². The topological polar surface area (TPSA) is 85.0 Å². The molecule has 0 N–H and O–H groups in total. The third-order valence-electron chi connectivity index (χ3n) is 3.65. The van der Waals surface area contributed by atoms with E-state index in [9.17, 15) is 14.9 Å². The van der Waals surface area contributed by atoms with Crippen LogP contribution in [0.4, 0.5) is 11.4 Å². The highest BCUT2D eigenvalue weighted by molar-refractivity contribution is 8.14. The summed E-state index contributed by atoms with van der Waals surface area (Å²) in [5.74, 6) is -0.259. The minimum atomic E-state index is -0.443. The molecule has 0 aliphatic carbocycles. The maximum Gasteiger partial charge on any atom is 0.319 e. The summed E-state index contributed by atoms with van der Waals surface area (Å²) in [5.41, 5.74) is 0.492. The number of carbonyl (C=O) groups excluding carboxylic acids is 1. The number of hydrogen-bond acceptors (Lipinski definition) is 6. The Labute approximate surface area is 145 Å². The molecule has 1 aliphatic heterocycles. The van der Waals surface area contributed by atoms with E-state index in [1.807, 2.05) is 0 Å². The molecule has 1 heterocycles. The van der Waals surface area contributed by atoms with Gasteiger partial charge in [0.25, 0.3) is 5.69 Å². The van der Waals surface area contributed by atoms with Crippen LogP contribution in [0.25, 0.3) is 0 Å². The minimum absolute atomic E-state index is 0.0235. The number of nitro benzene ring substituents is 1. The van der Waals surface area contributed by atoms with Crippen LogP contribution in [0.2, 0.25) is 0 Å². The smallest absolute Gasteiger partial charge is 0.319 e. The SMILES string of the molecule is COC(=O)C1CCN(C(C)(C)C)C(=Nc2ccc([N+](=O)[O-])cc2)S1. The molecule has 0 radical (unpaired) electrons. The molecular formula is C16H21N3O4S. The predicted molar refractivity (Wildman–Crippen MR) is 94.7 cm³/mol. The molecule has 8 heteroatoms. The third-order valence-corrected chi connectivity index (χ3v) is 4.89. The second-order valence-corrected chi connectivity index (χ2v) is 7.58. The molecule has 1 fully saturated rings. The Balaban J connectivity index is 2.31. The molecule has 0 amide bonds. The van der Waals surface area contributed by atoms with Gasteiger partial charge < -0.3 is 9.64 Å². The molecule has 0 aromatic heterocycles. The minimum Gasteiger partial charge on any atom is -0.468 e. The third kappa shape index (κ3) is 4.25. The van der Waals surface area contributed by atoms with Gasteiger partial charge in [-0.05, 0) is 39.3 Å². The van der Waals surface area contributed by atoms with Crippen LogP contribution in [0.1, 0.15) is 27.2 Å². The number of ether oxygens (including phenoxy) is 1. The van der Waals surface area contributed by atoms with Gasteiger partial charge in [-0.25, -0.2) is 4.99 Å². The largest absolute Gasteiger partial charge is 0.468 e. The van der Waals surface area contributed by atoms with Crippen molar-refractivity contribution in [2.24, 2.45) is 4.99 Å². The van der Waals surface area contributed by atoms with Crippen molar-refractivity contribution >= 4 is 34.3 Å². The normalized spacial score (nSPS) is 20.1. The van der Waals surface area contributed by atoms with Gasteiger partial charge in [-0.1, -0.05) is 11.8 Å². The van der Waals surface area contributed by atoms with E-state index in [2.05, 4.69) is 30.7 Å². The van der Waals surface area contributed by atoms with Crippen molar-refractivity contribution in [1.29, 1.82) is 0 Å². The first-order valence-electron chi connectivity index (χ1n) is 7.57.